The summed E-state index contributed by atoms with van der Waals surface area (Å²) in [5, 5.41) is 6.54. The number of thiophene rings is 1. The Bertz CT molecular complexity index is 1310. The number of ketones is 1. The van der Waals surface area contributed by atoms with E-state index in [9.17, 15) is 9.59 Å². The minimum absolute atomic E-state index is 0.0532. The maximum absolute atomic E-state index is 13.4. The van der Waals surface area contributed by atoms with E-state index in [1.54, 1.807) is 48.7 Å². The molecule has 2 unspecified atom stereocenters. The number of hydrogen-bond acceptors (Lipinski definition) is 7. The summed E-state index contributed by atoms with van der Waals surface area (Å²) in [6.07, 6.45) is 1.68. The minimum Gasteiger partial charge on any atom is -0.421 e. The lowest BCUT2D eigenvalue weighted by Crippen LogP contribution is -2.58. The minimum atomic E-state index is -1.10. The Hall–Kier alpha value is -3.20. The molecule has 9 heteroatoms. The van der Waals surface area contributed by atoms with Crippen molar-refractivity contribution in [2.24, 2.45) is 0 Å². The normalized spacial score (nSPS) is 20.1. The number of thioether (sulfide) groups is 1. The summed E-state index contributed by atoms with van der Waals surface area (Å²) >= 11 is 8.91. The van der Waals surface area contributed by atoms with Gasteiger partial charge in [0.15, 0.2) is 5.78 Å². The molecule has 3 aromatic heterocycles. The number of nitrogens with zero attached hydrogens (tertiary/aromatic N) is 2. The SMILES string of the molecule is O=C1CC(c2ccsc2)(c2cccc(Oc3ccccn3)n2)NC(=O)C1Sc1ccccc1Cl. The zero-order valence-electron chi connectivity index (χ0n) is 17.7. The number of rotatable bonds is 6. The van der Waals surface area contributed by atoms with Gasteiger partial charge in [-0.15, -0.1) is 11.8 Å². The molecule has 0 spiro atoms. The maximum Gasteiger partial charge on any atom is 0.242 e. The molecule has 1 saturated heterocycles. The number of hydrogen-bond donors (Lipinski definition) is 1. The second-order valence-corrected chi connectivity index (χ2v) is 9.94. The Balaban J connectivity index is 1.49. The molecule has 2 atom stereocenters. The molecule has 1 fully saturated rings. The summed E-state index contributed by atoms with van der Waals surface area (Å²) in [7, 11) is 0. The lowest BCUT2D eigenvalue weighted by molar-refractivity contribution is -0.133. The van der Waals surface area contributed by atoms with Gasteiger partial charge in [-0.1, -0.05) is 35.9 Å². The number of benzene rings is 1. The summed E-state index contributed by atoms with van der Waals surface area (Å²) in [5.74, 6) is 0.139. The largest absolute Gasteiger partial charge is 0.421 e. The number of carbonyl (C=O) groups is 2. The van der Waals surface area contributed by atoms with Gasteiger partial charge in [-0.2, -0.15) is 11.3 Å². The second kappa shape index (κ2) is 9.58. The molecule has 0 saturated carbocycles. The molecular formula is C25H18ClN3O3S2. The van der Waals surface area contributed by atoms with Crippen molar-refractivity contribution in [2.45, 2.75) is 22.1 Å². The van der Waals surface area contributed by atoms with Gasteiger partial charge < -0.3 is 10.1 Å². The average molecular weight is 508 g/mol. The number of Topliss-reactive ketones (excluding diaryl/α,β-unsaturated/α-hetero) is 1. The highest BCUT2D eigenvalue weighted by molar-refractivity contribution is 8.01. The fourth-order valence-electron chi connectivity index (χ4n) is 3.81. The van der Waals surface area contributed by atoms with Crippen LogP contribution >= 0.6 is 34.7 Å². The van der Waals surface area contributed by atoms with Crippen LogP contribution in [0.15, 0.2) is 88.6 Å². The number of piperidine rings is 1. The fraction of sp³-hybridized carbons (Fsp3) is 0.120. The van der Waals surface area contributed by atoms with Crippen molar-refractivity contribution in [3.8, 4) is 11.8 Å². The third-order valence-corrected chi connectivity index (χ3v) is 7.86. The Morgan fingerprint density at radius 2 is 1.85 bits per heavy atom. The molecule has 5 rings (SSSR count). The Morgan fingerprint density at radius 1 is 1.03 bits per heavy atom. The standard InChI is InChI=1S/C25H18ClN3O3S2/c26-17-6-1-2-7-19(17)34-23-18(30)14-25(29-24(23)31,16-11-13-33-15-16)20-8-5-10-22(28-20)32-21-9-3-4-12-27-21/h1-13,15,23H,14H2,(H,29,31). The van der Waals surface area contributed by atoms with E-state index in [-0.39, 0.29) is 18.1 Å². The lowest BCUT2D eigenvalue weighted by Gasteiger charge is -2.39. The molecule has 1 aliphatic rings. The number of ether oxygens (including phenoxy) is 1. The summed E-state index contributed by atoms with van der Waals surface area (Å²) in [4.78, 5) is 36.2. The molecule has 1 amide bonds. The van der Waals surface area contributed by atoms with E-state index in [1.807, 2.05) is 35.0 Å². The first kappa shape index (κ1) is 22.6. The molecule has 0 aliphatic carbocycles. The topological polar surface area (TPSA) is 81.2 Å². The highest BCUT2D eigenvalue weighted by Crippen LogP contribution is 2.41. The highest BCUT2D eigenvalue weighted by Gasteiger charge is 2.48. The van der Waals surface area contributed by atoms with Crippen LogP contribution in [-0.4, -0.2) is 26.9 Å². The molecule has 170 valence electrons. The molecule has 4 aromatic rings. The molecule has 6 nitrogen and oxygen atoms in total. The summed E-state index contributed by atoms with van der Waals surface area (Å²) in [6, 6.07) is 19.7. The highest BCUT2D eigenvalue weighted by atomic mass is 35.5. The number of pyridine rings is 2. The van der Waals surface area contributed by atoms with Crippen LogP contribution in [0.2, 0.25) is 5.02 Å². The maximum atomic E-state index is 13.4. The smallest absolute Gasteiger partial charge is 0.242 e. The van der Waals surface area contributed by atoms with E-state index < -0.39 is 10.8 Å². The van der Waals surface area contributed by atoms with E-state index >= 15 is 0 Å². The first-order valence-electron chi connectivity index (χ1n) is 10.4. The molecule has 0 radical (unpaired) electrons. The molecule has 34 heavy (non-hydrogen) atoms. The van der Waals surface area contributed by atoms with Gasteiger partial charge >= 0.3 is 0 Å². The van der Waals surface area contributed by atoms with E-state index in [1.165, 1.54) is 11.3 Å². The van der Waals surface area contributed by atoms with Crippen molar-refractivity contribution >= 4 is 46.4 Å². The zero-order chi connectivity index (χ0) is 23.5. The van der Waals surface area contributed by atoms with Crippen LogP contribution in [0.4, 0.5) is 0 Å². The van der Waals surface area contributed by atoms with Crippen molar-refractivity contribution in [1.82, 2.24) is 15.3 Å². The zero-order valence-corrected chi connectivity index (χ0v) is 20.1. The van der Waals surface area contributed by atoms with Gasteiger partial charge in [0.1, 0.15) is 10.8 Å². The van der Waals surface area contributed by atoms with Gasteiger partial charge in [-0.3, -0.25) is 9.59 Å². The second-order valence-electron chi connectivity index (χ2n) is 7.61. The third-order valence-electron chi connectivity index (χ3n) is 5.41. The fourth-order valence-corrected chi connectivity index (χ4v) is 5.79. The molecule has 1 aromatic carbocycles. The summed E-state index contributed by atoms with van der Waals surface area (Å²) in [5.41, 5.74) is 0.208. The third kappa shape index (κ3) is 4.44. The van der Waals surface area contributed by atoms with Crippen LogP contribution in [0.5, 0.6) is 11.8 Å². The van der Waals surface area contributed by atoms with E-state index in [2.05, 4.69) is 15.3 Å². The average Bonchev–Trinajstić information content (AvgIpc) is 3.39. The van der Waals surface area contributed by atoms with Gasteiger partial charge in [0.25, 0.3) is 0 Å². The van der Waals surface area contributed by atoms with E-state index in [4.69, 9.17) is 16.3 Å². The Kier molecular flexibility index (Phi) is 6.36. The van der Waals surface area contributed by atoms with Gasteiger partial charge in [0.05, 0.1) is 10.7 Å². The first-order valence-corrected chi connectivity index (χ1v) is 12.6. The molecule has 4 heterocycles. The predicted molar refractivity (Wildman–Crippen MR) is 133 cm³/mol. The molecule has 1 aliphatic heterocycles. The van der Waals surface area contributed by atoms with Crippen molar-refractivity contribution < 1.29 is 14.3 Å². The van der Waals surface area contributed by atoms with Gasteiger partial charge in [-0.05, 0) is 46.7 Å². The number of aromatic nitrogens is 2. The quantitative estimate of drug-likeness (QED) is 0.348. The van der Waals surface area contributed by atoms with Crippen LogP contribution in [-0.2, 0) is 15.1 Å². The van der Waals surface area contributed by atoms with Crippen LogP contribution in [0.1, 0.15) is 17.7 Å². The Morgan fingerprint density at radius 3 is 2.59 bits per heavy atom. The van der Waals surface area contributed by atoms with E-state index in [0.717, 1.165) is 17.3 Å². The van der Waals surface area contributed by atoms with Crippen molar-refractivity contribution in [1.29, 1.82) is 0 Å². The van der Waals surface area contributed by atoms with Crippen molar-refractivity contribution in [3.05, 3.63) is 100.0 Å². The van der Waals surface area contributed by atoms with Crippen molar-refractivity contribution in [3.63, 3.8) is 0 Å². The number of halogens is 1. The number of nitrogens with one attached hydrogen (secondary N) is 1. The molecular weight excluding hydrogens is 490 g/mol. The molecule has 1 N–H and O–H groups in total. The van der Waals surface area contributed by atoms with Crippen LogP contribution < -0.4 is 10.1 Å². The summed E-state index contributed by atoms with van der Waals surface area (Å²) < 4.78 is 5.80. The van der Waals surface area contributed by atoms with Gasteiger partial charge in [-0.25, -0.2) is 9.97 Å². The molecule has 0 bridgehead atoms. The van der Waals surface area contributed by atoms with Crippen LogP contribution in [0, 0.1) is 0 Å². The van der Waals surface area contributed by atoms with E-state index in [0.29, 0.717) is 27.4 Å². The lowest BCUT2D eigenvalue weighted by atomic mass is 9.79. The number of carbonyl (C=O) groups excluding carboxylic acids is 2. The van der Waals surface area contributed by atoms with Crippen molar-refractivity contribution in [2.75, 3.05) is 0 Å². The van der Waals surface area contributed by atoms with Crippen LogP contribution in [0.25, 0.3) is 0 Å². The summed E-state index contributed by atoms with van der Waals surface area (Å²) in [6.45, 7) is 0. The monoisotopic (exact) mass is 507 g/mol. The Labute approximate surface area is 209 Å². The van der Waals surface area contributed by atoms with Gasteiger partial charge in [0, 0.05) is 29.6 Å². The van der Waals surface area contributed by atoms with Gasteiger partial charge in [0.2, 0.25) is 17.7 Å². The first-order chi connectivity index (χ1) is 16.5. The predicted octanol–water partition coefficient (Wildman–Crippen LogP) is 5.48. The number of amides is 1. The van der Waals surface area contributed by atoms with Crippen LogP contribution in [0.3, 0.4) is 0 Å².